The van der Waals surface area contributed by atoms with E-state index in [9.17, 15) is 10.1 Å². The lowest BCUT2D eigenvalue weighted by Crippen LogP contribution is -2.02. The number of nitro groups is 1. The van der Waals surface area contributed by atoms with E-state index in [1.807, 2.05) is 0 Å². The molecular formula is C9H10BrNO4. The van der Waals surface area contributed by atoms with Gasteiger partial charge in [0.2, 0.25) is 0 Å². The second-order valence-electron chi connectivity index (χ2n) is 2.75. The van der Waals surface area contributed by atoms with Crippen LogP contribution in [0.4, 0.5) is 5.69 Å². The molecule has 0 aliphatic heterocycles. The van der Waals surface area contributed by atoms with Crippen LogP contribution >= 0.6 is 15.9 Å². The van der Waals surface area contributed by atoms with Crippen molar-refractivity contribution in [2.45, 2.75) is 11.9 Å². The molecule has 0 aliphatic carbocycles. The van der Waals surface area contributed by atoms with Crippen molar-refractivity contribution in [2.24, 2.45) is 0 Å². The average Bonchev–Trinajstić information content (AvgIpc) is 2.16. The third-order valence-corrected chi connectivity index (χ3v) is 1.83. The van der Waals surface area contributed by atoms with E-state index in [1.54, 1.807) is 13.0 Å². The zero-order valence-corrected chi connectivity index (χ0v) is 9.85. The quantitative estimate of drug-likeness (QED) is 0.482. The van der Waals surface area contributed by atoms with Crippen LogP contribution in [-0.4, -0.2) is 17.0 Å². The number of nitrogens with zero attached hydrogens (tertiary/aromatic N) is 1. The van der Waals surface area contributed by atoms with E-state index >= 15 is 0 Å². The van der Waals surface area contributed by atoms with Crippen LogP contribution in [0.2, 0.25) is 0 Å². The van der Waals surface area contributed by atoms with Crippen LogP contribution in [0.25, 0.3) is 0 Å². The maximum atomic E-state index is 10.7. The molecular weight excluding hydrogens is 266 g/mol. The number of benzene rings is 1. The van der Waals surface area contributed by atoms with Crippen molar-refractivity contribution < 1.29 is 14.4 Å². The molecule has 6 heteroatoms. The number of hydrogen-bond acceptors (Lipinski definition) is 4. The highest BCUT2D eigenvalue weighted by Crippen LogP contribution is 2.31. The summed E-state index contributed by atoms with van der Waals surface area (Å²) in [5.74, 6) is 0.640. The van der Waals surface area contributed by atoms with E-state index in [4.69, 9.17) is 9.47 Å². The van der Waals surface area contributed by atoms with Crippen LogP contribution in [0.1, 0.15) is 6.92 Å². The summed E-state index contributed by atoms with van der Waals surface area (Å²) in [5.41, 5.74) is -0.108. The van der Waals surface area contributed by atoms with Gasteiger partial charge in [0.05, 0.1) is 18.1 Å². The van der Waals surface area contributed by atoms with Gasteiger partial charge in [0.1, 0.15) is 5.75 Å². The summed E-state index contributed by atoms with van der Waals surface area (Å²) in [4.78, 5) is 10.2. The van der Waals surface area contributed by atoms with Gasteiger partial charge >= 0.3 is 5.69 Å². The molecule has 0 aliphatic rings. The molecule has 0 amide bonds. The van der Waals surface area contributed by atoms with Crippen LogP contribution in [0.5, 0.6) is 11.5 Å². The van der Waals surface area contributed by atoms with Gasteiger partial charge in [-0.2, -0.15) is 0 Å². The molecule has 1 rings (SSSR count). The minimum absolute atomic E-state index is 0.108. The van der Waals surface area contributed by atoms with E-state index < -0.39 is 4.92 Å². The molecule has 15 heavy (non-hydrogen) atoms. The molecule has 1 aromatic carbocycles. The second kappa shape index (κ2) is 4.97. The number of hydrogen-bond donors (Lipinski definition) is 0. The summed E-state index contributed by atoms with van der Waals surface area (Å²) in [6.45, 7) is 1.77. The first kappa shape index (κ1) is 11.8. The normalized spacial score (nSPS) is 11.9. The Morgan fingerprint density at radius 1 is 1.53 bits per heavy atom. The standard InChI is InChI=1S/C9H10BrNO4/c1-6(10)15-7-3-4-9(14-2)8(5-7)11(12)13/h3-6H,1-2H3. The Kier molecular flexibility index (Phi) is 3.90. The van der Waals surface area contributed by atoms with Gasteiger partial charge in [-0.15, -0.1) is 0 Å². The fourth-order valence-electron chi connectivity index (χ4n) is 1.07. The Bertz CT molecular complexity index is 367. The monoisotopic (exact) mass is 275 g/mol. The Balaban J connectivity index is 3.05. The first-order valence-electron chi connectivity index (χ1n) is 4.17. The minimum atomic E-state index is -0.509. The molecule has 5 nitrogen and oxygen atoms in total. The molecule has 0 bridgehead atoms. The van der Waals surface area contributed by atoms with Crippen molar-refractivity contribution in [1.82, 2.24) is 0 Å². The predicted octanol–water partition coefficient (Wildman–Crippen LogP) is 2.72. The van der Waals surface area contributed by atoms with Crippen molar-refractivity contribution in [3.05, 3.63) is 28.3 Å². The van der Waals surface area contributed by atoms with Crippen LogP contribution in [0.3, 0.4) is 0 Å². The number of nitro benzene ring substituents is 1. The molecule has 1 atom stereocenters. The Hall–Kier alpha value is -1.30. The Morgan fingerprint density at radius 2 is 2.20 bits per heavy atom. The van der Waals surface area contributed by atoms with E-state index in [0.717, 1.165) is 0 Å². The molecule has 1 unspecified atom stereocenters. The highest BCUT2D eigenvalue weighted by molar-refractivity contribution is 9.09. The topological polar surface area (TPSA) is 61.6 Å². The number of alkyl halides is 1. The maximum absolute atomic E-state index is 10.7. The fourth-order valence-corrected chi connectivity index (χ4v) is 1.29. The van der Waals surface area contributed by atoms with Crippen LogP contribution < -0.4 is 9.47 Å². The largest absolute Gasteiger partial charge is 0.490 e. The lowest BCUT2D eigenvalue weighted by Gasteiger charge is -2.08. The number of rotatable bonds is 4. The Morgan fingerprint density at radius 3 is 2.67 bits per heavy atom. The first-order valence-corrected chi connectivity index (χ1v) is 5.09. The molecule has 0 spiro atoms. The Labute approximate surface area is 95.3 Å². The van der Waals surface area contributed by atoms with Gasteiger partial charge in [0, 0.05) is 0 Å². The molecule has 82 valence electrons. The summed E-state index contributed by atoms with van der Waals surface area (Å²) in [6.07, 6.45) is 0. The van der Waals surface area contributed by atoms with Gasteiger partial charge in [0.25, 0.3) is 0 Å². The molecule has 0 saturated heterocycles. The molecule has 1 aromatic rings. The number of ether oxygens (including phenoxy) is 2. The van der Waals surface area contributed by atoms with Gasteiger partial charge in [-0.1, -0.05) is 0 Å². The van der Waals surface area contributed by atoms with Crippen LogP contribution in [-0.2, 0) is 0 Å². The third kappa shape index (κ3) is 3.09. The zero-order valence-electron chi connectivity index (χ0n) is 8.27. The SMILES string of the molecule is COc1ccc(OC(C)Br)cc1[N+](=O)[O-]. The average molecular weight is 276 g/mol. The fraction of sp³-hybridized carbons (Fsp3) is 0.333. The van der Waals surface area contributed by atoms with Crippen LogP contribution in [0.15, 0.2) is 18.2 Å². The summed E-state index contributed by atoms with van der Waals surface area (Å²) in [6, 6.07) is 4.45. The summed E-state index contributed by atoms with van der Waals surface area (Å²) in [7, 11) is 1.38. The minimum Gasteiger partial charge on any atom is -0.490 e. The highest BCUT2D eigenvalue weighted by Gasteiger charge is 2.16. The summed E-state index contributed by atoms with van der Waals surface area (Å²) >= 11 is 3.18. The lowest BCUT2D eigenvalue weighted by molar-refractivity contribution is -0.385. The zero-order chi connectivity index (χ0) is 11.4. The predicted molar refractivity (Wildman–Crippen MR) is 58.7 cm³/mol. The molecule has 0 saturated carbocycles. The second-order valence-corrected chi connectivity index (χ2v) is 4.04. The summed E-state index contributed by atoms with van der Waals surface area (Å²) in [5, 5.41) is 10.5. The number of halogens is 1. The van der Waals surface area contributed by atoms with Gasteiger partial charge < -0.3 is 9.47 Å². The molecule has 0 fully saturated rings. The molecule has 0 N–H and O–H groups in total. The summed E-state index contributed by atoms with van der Waals surface area (Å²) < 4.78 is 10.1. The van der Waals surface area contributed by atoms with E-state index in [1.165, 1.54) is 19.2 Å². The molecule has 0 aromatic heterocycles. The van der Waals surface area contributed by atoms with E-state index in [2.05, 4.69) is 15.9 Å². The van der Waals surface area contributed by atoms with Crippen molar-refractivity contribution >= 4 is 21.6 Å². The van der Waals surface area contributed by atoms with Crippen molar-refractivity contribution in [2.75, 3.05) is 7.11 Å². The molecule has 0 radical (unpaired) electrons. The first-order chi connectivity index (χ1) is 7.04. The van der Waals surface area contributed by atoms with Crippen molar-refractivity contribution in [3.8, 4) is 11.5 Å². The third-order valence-electron chi connectivity index (χ3n) is 1.65. The van der Waals surface area contributed by atoms with Gasteiger partial charge in [0.15, 0.2) is 10.8 Å². The smallest absolute Gasteiger partial charge is 0.314 e. The van der Waals surface area contributed by atoms with E-state index in [-0.39, 0.29) is 16.5 Å². The number of methoxy groups -OCH3 is 1. The lowest BCUT2D eigenvalue weighted by atomic mass is 10.3. The highest BCUT2D eigenvalue weighted by atomic mass is 79.9. The van der Waals surface area contributed by atoms with Gasteiger partial charge in [-0.05, 0) is 35.0 Å². The molecule has 0 heterocycles. The van der Waals surface area contributed by atoms with E-state index in [0.29, 0.717) is 5.75 Å². The van der Waals surface area contributed by atoms with Gasteiger partial charge in [-0.25, -0.2) is 0 Å². The van der Waals surface area contributed by atoms with Crippen LogP contribution in [0, 0.1) is 10.1 Å². The van der Waals surface area contributed by atoms with Crippen molar-refractivity contribution in [1.29, 1.82) is 0 Å². The van der Waals surface area contributed by atoms with Gasteiger partial charge in [-0.3, -0.25) is 10.1 Å². The maximum Gasteiger partial charge on any atom is 0.314 e. The van der Waals surface area contributed by atoms with Crippen molar-refractivity contribution in [3.63, 3.8) is 0 Å².